The molecule has 1 spiro atoms. The van der Waals surface area contributed by atoms with E-state index in [1.807, 2.05) is 23.1 Å². The maximum absolute atomic E-state index is 13.2. The third-order valence-corrected chi connectivity index (χ3v) is 6.57. The number of rotatable bonds is 6. The summed E-state index contributed by atoms with van der Waals surface area (Å²) in [4.78, 5) is 52.5. The van der Waals surface area contributed by atoms with Crippen molar-refractivity contribution >= 4 is 40.6 Å². The fourth-order valence-electron chi connectivity index (χ4n) is 4.64. The summed E-state index contributed by atoms with van der Waals surface area (Å²) in [7, 11) is 0. The monoisotopic (exact) mass is 487 g/mol. The van der Waals surface area contributed by atoms with Crippen LogP contribution in [0.25, 0.3) is 11.0 Å². The topological polar surface area (TPSA) is 144 Å². The first-order chi connectivity index (χ1) is 17.4. The van der Waals surface area contributed by atoms with Crippen LogP contribution in [-0.2, 0) is 25.5 Å². The quantitative estimate of drug-likeness (QED) is 0.501. The number of nitrogens with one attached hydrogen (secondary N) is 2. The van der Waals surface area contributed by atoms with Gasteiger partial charge in [0.15, 0.2) is 6.61 Å². The Hall–Kier alpha value is -4.46. The molecule has 2 N–H and O–H groups in total. The summed E-state index contributed by atoms with van der Waals surface area (Å²) >= 11 is 0. The Morgan fingerprint density at radius 1 is 1.17 bits per heavy atom. The predicted molar refractivity (Wildman–Crippen MR) is 130 cm³/mol. The second-order valence-corrected chi connectivity index (χ2v) is 9.12. The maximum atomic E-state index is 13.2. The molecule has 2 fully saturated rings. The molecule has 2 aliphatic rings. The number of hydrogen-bond acceptors (Lipinski definition) is 8. The Labute approximate surface area is 207 Å². The van der Waals surface area contributed by atoms with E-state index in [0.29, 0.717) is 43.1 Å². The Bertz CT molecular complexity index is 1370. The SMILES string of the molecule is CC(=O)OCC(=O)Nc1nc(N2CCN(C(=O)Cc3ccc(C#N)cc3)C3(CC3)C2)c2cc[nH]c2n1. The van der Waals surface area contributed by atoms with Gasteiger partial charge >= 0.3 is 5.97 Å². The lowest BCUT2D eigenvalue weighted by molar-refractivity contribution is -0.145. The van der Waals surface area contributed by atoms with Gasteiger partial charge in [0.05, 0.1) is 29.0 Å². The molecule has 1 aliphatic carbocycles. The highest BCUT2D eigenvalue weighted by Crippen LogP contribution is 2.45. The second-order valence-electron chi connectivity index (χ2n) is 9.12. The van der Waals surface area contributed by atoms with Gasteiger partial charge in [-0.3, -0.25) is 19.7 Å². The van der Waals surface area contributed by atoms with Crippen molar-refractivity contribution < 1.29 is 19.1 Å². The van der Waals surface area contributed by atoms with Crippen molar-refractivity contribution in [1.29, 1.82) is 5.26 Å². The molecule has 2 aromatic heterocycles. The normalized spacial score (nSPS) is 16.0. The molecule has 5 rings (SSSR count). The van der Waals surface area contributed by atoms with E-state index in [9.17, 15) is 14.4 Å². The Morgan fingerprint density at radius 3 is 2.64 bits per heavy atom. The van der Waals surface area contributed by atoms with Gasteiger partial charge in [-0.25, -0.2) is 0 Å². The molecule has 1 saturated carbocycles. The molecule has 2 amide bonds. The van der Waals surface area contributed by atoms with Crippen molar-refractivity contribution in [3.63, 3.8) is 0 Å². The first-order valence-corrected chi connectivity index (χ1v) is 11.7. The van der Waals surface area contributed by atoms with E-state index in [-0.39, 0.29) is 17.4 Å². The van der Waals surface area contributed by atoms with Gasteiger partial charge in [0.1, 0.15) is 11.5 Å². The Morgan fingerprint density at radius 2 is 1.94 bits per heavy atom. The zero-order valence-corrected chi connectivity index (χ0v) is 19.8. The number of fused-ring (bicyclic) bond motifs is 1. The number of esters is 1. The molecule has 1 aliphatic heterocycles. The average molecular weight is 488 g/mol. The zero-order chi connectivity index (χ0) is 25.3. The Kier molecular flexibility index (Phi) is 6.01. The molecule has 36 heavy (non-hydrogen) atoms. The summed E-state index contributed by atoms with van der Waals surface area (Å²) in [6, 6.07) is 11.1. The summed E-state index contributed by atoms with van der Waals surface area (Å²) in [5.41, 5.74) is 1.79. The molecule has 11 nitrogen and oxygen atoms in total. The predicted octanol–water partition coefficient (Wildman–Crippen LogP) is 1.76. The lowest BCUT2D eigenvalue weighted by Crippen LogP contribution is -2.57. The van der Waals surface area contributed by atoms with E-state index < -0.39 is 18.5 Å². The fourth-order valence-corrected chi connectivity index (χ4v) is 4.64. The number of benzene rings is 1. The van der Waals surface area contributed by atoms with E-state index in [1.54, 1.807) is 18.3 Å². The van der Waals surface area contributed by atoms with Gasteiger partial charge in [-0.1, -0.05) is 12.1 Å². The molecule has 1 aromatic carbocycles. The number of amides is 2. The molecule has 3 heterocycles. The molecule has 184 valence electrons. The molecule has 11 heteroatoms. The van der Waals surface area contributed by atoms with Crippen molar-refractivity contribution in [2.45, 2.75) is 31.7 Å². The number of carbonyl (C=O) groups excluding carboxylic acids is 3. The van der Waals surface area contributed by atoms with Crippen molar-refractivity contribution in [3.8, 4) is 6.07 Å². The minimum Gasteiger partial charge on any atom is -0.456 e. The highest BCUT2D eigenvalue weighted by Gasteiger charge is 2.53. The number of nitriles is 1. The minimum atomic E-state index is -0.548. The lowest BCUT2D eigenvalue weighted by Gasteiger charge is -2.43. The van der Waals surface area contributed by atoms with Crippen LogP contribution in [0.2, 0.25) is 0 Å². The van der Waals surface area contributed by atoms with Crippen molar-refractivity contribution in [2.75, 3.05) is 36.5 Å². The summed E-state index contributed by atoms with van der Waals surface area (Å²) in [5, 5.41) is 12.4. The highest BCUT2D eigenvalue weighted by atomic mass is 16.5. The number of H-pyrrole nitrogens is 1. The third-order valence-electron chi connectivity index (χ3n) is 6.57. The number of hydrogen-bond donors (Lipinski definition) is 2. The van der Waals surface area contributed by atoms with E-state index in [4.69, 9.17) is 10.00 Å². The molecule has 0 atom stereocenters. The number of ether oxygens (including phenoxy) is 1. The van der Waals surface area contributed by atoms with E-state index in [0.717, 1.165) is 23.8 Å². The zero-order valence-electron chi connectivity index (χ0n) is 19.8. The van der Waals surface area contributed by atoms with Crippen molar-refractivity contribution in [2.24, 2.45) is 0 Å². The summed E-state index contributed by atoms with van der Waals surface area (Å²) in [5.74, 6) is -0.215. The van der Waals surface area contributed by atoms with Gasteiger partial charge in [0.25, 0.3) is 5.91 Å². The summed E-state index contributed by atoms with van der Waals surface area (Å²) in [6.07, 6.45) is 3.88. The lowest BCUT2D eigenvalue weighted by atomic mass is 10.1. The number of carbonyl (C=O) groups is 3. The van der Waals surface area contributed by atoms with Gasteiger partial charge in [0, 0.05) is 32.8 Å². The van der Waals surface area contributed by atoms with Gasteiger partial charge in [-0.05, 0) is 36.6 Å². The van der Waals surface area contributed by atoms with Gasteiger partial charge in [0.2, 0.25) is 11.9 Å². The summed E-state index contributed by atoms with van der Waals surface area (Å²) < 4.78 is 4.74. The molecular formula is C25H25N7O4. The first kappa shape index (κ1) is 23.3. The van der Waals surface area contributed by atoms with E-state index in [2.05, 4.69) is 31.2 Å². The second kappa shape index (κ2) is 9.30. The number of anilines is 2. The van der Waals surface area contributed by atoms with Crippen LogP contribution in [0.1, 0.15) is 30.9 Å². The van der Waals surface area contributed by atoms with Crippen LogP contribution in [0, 0.1) is 11.3 Å². The molecule has 3 aromatic rings. The maximum Gasteiger partial charge on any atom is 0.303 e. The van der Waals surface area contributed by atoms with Gasteiger partial charge < -0.3 is 19.5 Å². The largest absolute Gasteiger partial charge is 0.456 e. The highest BCUT2D eigenvalue weighted by molar-refractivity contribution is 5.94. The van der Waals surface area contributed by atoms with Gasteiger partial charge in [-0.2, -0.15) is 15.2 Å². The number of aromatic nitrogens is 3. The summed E-state index contributed by atoms with van der Waals surface area (Å²) in [6.45, 7) is 2.58. The van der Waals surface area contributed by atoms with Crippen LogP contribution in [-0.4, -0.2) is 69.4 Å². The molecule has 0 unspecified atom stereocenters. The number of nitrogens with zero attached hydrogens (tertiary/aromatic N) is 5. The van der Waals surface area contributed by atoms with E-state index in [1.165, 1.54) is 6.92 Å². The molecule has 0 radical (unpaired) electrons. The molecule has 1 saturated heterocycles. The average Bonchev–Trinajstić information content (AvgIpc) is 3.45. The molecule has 0 bridgehead atoms. The van der Waals surface area contributed by atoms with Gasteiger partial charge in [-0.15, -0.1) is 0 Å². The van der Waals surface area contributed by atoms with Crippen LogP contribution >= 0.6 is 0 Å². The van der Waals surface area contributed by atoms with Crippen LogP contribution in [0.15, 0.2) is 36.5 Å². The van der Waals surface area contributed by atoms with Crippen LogP contribution in [0.5, 0.6) is 0 Å². The fraction of sp³-hybridized carbons (Fsp3) is 0.360. The first-order valence-electron chi connectivity index (χ1n) is 11.7. The standard InChI is InChI=1S/C25H25N7O4/c1-16(33)36-14-20(34)28-24-29-22-19(6-9-27-22)23(30-24)31-10-11-32(25(15-31)7-8-25)21(35)12-17-2-4-18(13-26)5-3-17/h2-6,9H,7-8,10-12,14-15H2,1H3,(H2,27,28,29,30,34). The smallest absolute Gasteiger partial charge is 0.303 e. The van der Waals surface area contributed by atoms with Crippen LogP contribution in [0.3, 0.4) is 0 Å². The third kappa shape index (κ3) is 4.70. The van der Waals surface area contributed by atoms with Crippen molar-refractivity contribution in [3.05, 3.63) is 47.7 Å². The molecular weight excluding hydrogens is 462 g/mol. The van der Waals surface area contributed by atoms with E-state index >= 15 is 0 Å². The number of aromatic amines is 1. The van der Waals surface area contributed by atoms with Crippen molar-refractivity contribution in [1.82, 2.24) is 19.9 Å². The minimum absolute atomic E-state index is 0.0739. The van der Waals surface area contributed by atoms with Crippen LogP contribution < -0.4 is 10.2 Å². The van der Waals surface area contributed by atoms with Crippen LogP contribution in [0.4, 0.5) is 11.8 Å². The number of piperazine rings is 1. The Balaban J connectivity index is 1.32.